The second-order valence-corrected chi connectivity index (χ2v) is 9.01. The summed E-state index contributed by atoms with van der Waals surface area (Å²) in [5, 5.41) is 14.1. The standard InChI is InChI=1S/C20H19F3N4O3S/c1-12(11-28)25-31(29,30)15-7-8-17-16(9-15)19-18(10-26(2)24-19)27(17)14-5-3-13(4-6-14)20(21,22)23/h3-10,12,25,28H,11H2,1-2H3/t12-/m0/s1. The maximum absolute atomic E-state index is 12.9. The second kappa shape index (κ2) is 7.36. The van der Waals surface area contributed by atoms with Crippen molar-refractivity contribution in [3.05, 3.63) is 54.2 Å². The number of fused-ring (bicyclic) bond motifs is 3. The van der Waals surface area contributed by atoms with Crippen molar-refractivity contribution in [2.75, 3.05) is 6.61 Å². The van der Waals surface area contributed by atoms with Crippen LogP contribution in [-0.4, -0.2) is 40.5 Å². The Morgan fingerprint density at radius 3 is 2.42 bits per heavy atom. The molecule has 2 N–H and O–H groups in total. The maximum atomic E-state index is 12.9. The van der Waals surface area contributed by atoms with Crippen molar-refractivity contribution < 1.29 is 26.7 Å². The van der Waals surface area contributed by atoms with E-state index >= 15 is 0 Å². The number of halogens is 3. The number of benzene rings is 2. The molecule has 0 amide bonds. The molecule has 0 bridgehead atoms. The van der Waals surface area contributed by atoms with E-state index in [2.05, 4.69) is 9.82 Å². The minimum atomic E-state index is -4.44. The fraction of sp³-hybridized carbons (Fsp3) is 0.250. The molecule has 4 aromatic rings. The summed E-state index contributed by atoms with van der Waals surface area (Å²) in [6, 6.07) is 8.55. The average molecular weight is 452 g/mol. The summed E-state index contributed by atoms with van der Waals surface area (Å²) < 4.78 is 69.8. The first kappa shape index (κ1) is 21.3. The van der Waals surface area contributed by atoms with Crippen molar-refractivity contribution in [1.82, 2.24) is 19.1 Å². The van der Waals surface area contributed by atoms with Gasteiger partial charge in [0.25, 0.3) is 0 Å². The molecule has 0 radical (unpaired) electrons. The molecule has 1 atom stereocenters. The van der Waals surface area contributed by atoms with Crippen LogP contribution in [-0.2, 0) is 23.2 Å². The van der Waals surface area contributed by atoms with E-state index in [-0.39, 0.29) is 11.5 Å². The van der Waals surface area contributed by atoms with Crippen LogP contribution in [0.5, 0.6) is 0 Å². The minimum absolute atomic E-state index is 0.00239. The van der Waals surface area contributed by atoms with E-state index in [9.17, 15) is 21.6 Å². The average Bonchev–Trinajstić information content (AvgIpc) is 3.21. The molecule has 2 aromatic heterocycles. The van der Waals surface area contributed by atoms with E-state index < -0.39 is 27.8 Å². The summed E-state index contributed by atoms with van der Waals surface area (Å²) in [6.45, 7) is 1.18. The predicted octanol–water partition coefficient (Wildman–Crippen LogP) is 3.20. The minimum Gasteiger partial charge on any atom is -0.395 e. The summed E-state index contributed by atoms with van der Waals surface area (Å²) >= 11 is 0. The van der Waals surface area contributed by atoms with Gasteiger partial charge in [-0.25, -0.2) is 13.1 Å². The van der Waals surface area contributed by atoms with E-state index in [0.29, 0.717) is 27.6 Å². The summed E-state index contributed by atoms with van der Waals surface area (Å²) in [5.74, 6) is 0. The molecule has 0 aliphatic rings. The van der Waals surface area contributed by atoms with Crippen LogP contribution < -0.4 is 4.72 Å². The van der Waals surface area contributed by atoms with Crippen molar-refractivity contribution in [2.24, 2.45) is 7.05 Å². The summed E-state index contributed by atoms with van der Waals surface area (Å²) in [7, 11) is -2.18. The fourth-order valence-electron chi connectivity index (χ4n) is 3.48. The van der Waals surface area contributed by atoms with Gasteiger partial charge in [-0.05, 0) is 49.4 Å². The van der Waals surface area contributed by atoms with Crippen LogP contribution in [0, 0.1) is 0 Å². The Morgan fingerprint density at radius 1 is 1.13 bits per heavy atom. The van der Waals surface area contributed by atoms with Gasteiger partial charge in [0.05, 0.1) is 28.1 Å². The molecule has 164 valence electrons. The SMILES string of the molecule is C[C@@H](CO)NS(=O)(=O)c1ccc2c(c1)c1nn(C)cc1n2-c1ccc(C(F)(F)F)cc1. The molecule has 0 saturated heterocycles. The van der Waals surface area contributed by atoms with Crippen LogP contribution in [0.15, 0.2) is 53.6 Å². The quantitative estimate of drug-likeness (QED) is 0.487. The highest BCUT2D eigenvalue weighted by Crippen LogP contribution is 2.34. The van der Waals surface area contributed by atoms with Gasteiger partial charge >= 0.3 is 6.18 Å². The van der Waals surface area contributed by atoms with Gasteiger partial charge in [0.15, 0.2) is 0 Å². The van der Waals surface area contributed by atoms with Gasteiger partial charge < -0.3 is 9.67 Å². The molecule has 0 unspecified atom stereocenters. The van der Waals surface area contributed by atoms with E-state index in [0.717, 1.165) is 12.1 Å². The highest BCUT2D eigenvalue weighted by molar-refractivity contribution is 7.89. The fourth-order valence-corrected chi connectivity index (χ4v) is 4.74. The number of sulfonamides is 1. The summed E-state index contributed by atoms with van der Waals surface area (Å²) in [6.07, 6.45) is -2.73. The molecule has 11 heteroatoms. The van der Waals surface area contributed by atoms with Crippen LogP contribution in [0.1, 0.15) is 12.5 Å². The number of rotatable bonds is 5. The van der Waals surface area contributed by atoms with E-state index in [4.69, 9.17) is 5.11 Å². The van der Waals surface area contributed by atoms with Crippen LogP contribution >= 0.6 is 0 Å². The molecule has 0 fully saturated rings. The number of nitrogens with one attached hydrogen (secondary N) is 1. The molecule has 0 aliphatic carbocycles. The topological polar surface area (TPSA) is 89.2 Å². The van der Waals surface area contributed by atoms with Crippen molar-refractivity contribution in [3.63, 3.8) is 0 Å². The predicted molar refractivity (Wildman–Crippen MR) is 109 cm³/mol. The first-order valence-corrected chi connectivity index (χ1v) is 10.8. The third-order valence-electron chi connectivity index (χ3n) is 4.91. The third kappa shape index (κ3) is 3.80. The highest BCUT2D eigenvalue weighted by atomic mass is 32.2. The zero-order valence-electron chi connectivity index (χ0n) is 16.6. The lowest BCUT2D eigenvalue weighted by Crippen LogP contribution is -2.34. The number of aryl methyl sites for hydroxylation is 1. The lowest BCUT2D eigenvalue weighted by atomic mass is 10.2. The van der Waals surface area contributed by atoms with Gasteiger partial charge in [0, 0.05) is 30.4 Å². The number of aromatic nitrogens is 3. The second-order valence-electron chi connectivity index (χ2n) is 7.30. The van der Waals surface area contributed by atoms with Crippen LogP contribution in [0.25, 0.3) is 27.6 Å². The Balaban J connectivity index is 1.91. The highest BCUT2D eigenvalue weighted by Gasteiger charge is 2.30. The molecular weight excluding hydrogens is 433 g/mol. The number of alkyl halides is 3. The van der Waals surface area contributed by atoms with Crippen molar-refractivity contribution in [1.29, 1.82) is 0 Å². The van der Waals surface area contributed by atoms with Crippen LogP contribution in [0.2, 0.25) is 0 Å². The molecule has 2 heterocycles. The van der Waals surface area contributed by atoms with Gasteiger partial charge in [0.2, 0.25) is 10.0 Å². The Kier molecular flexibility index (Phi) is 5.07. The van der Waals surface area contributed by atoms with Gasteiger partial charge in [0.1, 0.15) is 5.52 Å². The number of nitrogens with zero attached hydrogens (tertiary/aromatic N) is 3. The van der Waals surface area contributed by atoms with Gasteiger partial charge in [-0.1, -0.05) is 0 Å². The van der Waals surface area contributed by atoms with Gasteiger partial charge in [-0.3, -0.25) is 4.68 Å². The maximum Gasteiger partial charge on any atom is 0.416 e. The monoisotopic (exact) mass is 452 g/mol. The molecule has 31 heavy (non-hydrogen) atoms. The lowest BCUT2D eigenvalue weighted by Gasteiger charge is -2.12. The molecule has 0 spiro atoms. The molecule has 0 aliphatic heterocycles. The smallest absolute Gasteiger partial charge is 0.395 e. The Hall–Kier alpha value is -2.89. The molecule has 0 saturated carbocycles. The van der Waals surface area contributed by atoms with E-state index in [1.807, 2.05) is 0 Å². The lowest BCUT2D eigenvalue weighted by molar-refractivity contribution is -0.137. The van der Waals surface area contributed by atoms with Crippen LogP contribution in [0.3, 0.4) is 0 Å². The largest absolute Gasteiger partial charge is 0.416 e. The van der Waals surface area contributed by atoms with E-state index in [1.165, 1.54) is 31.2 Å². The number of hydrogen-bond donors (Lipinski definition) is 2. The molecule has 7 nitrogen and oxygen atoms in total. The number of hydrogen-bond acceptors (Lipinski definition) is 4. The number of aliphatic hydroxyl groups excluding tert-OH is 1. The number of aliphatic hydroxyl groups is 1. The van der Waals surface area contributed by atoms with Crippen molar-refractivity contribution in [2.45, 2.75) is 24.0 Å². The first-order valence-electron chi connectivity index (χ1n) is 9.30. The summed E-state index contributed by atoms with van der Waals surface area (Å²) in [4.78, 5) is -0.00239. The van der Waals surface area contributed by atoms with E-state index in [1.54, 1.807) is 28.6 Å². The Bertz CT molecular complexity index is 1370. The zero-order valence-corrected chi connectivity index (χ0v) is 17.4. The first-order chi connectivity index (χ1) is 14.5. The Labute approximate surface area is 175 Å². The summed E-state index contributed by atoms with van der Waals surface area (Å²) in [5.41, 5.74) is 1.48. The van der Waals surface area contributed by atoms with Crippen molar-refractivity contribution in [3.8, 4) is 5.69 Å². The van der Waals surface area contributed by atoms with Crippen molar-refractivity contribution >= 4 is 32.0 Å². The molecule has 2 aromatic carbocycles. The van der Waals surface area contributed by atoms with Crippen LogP contribution in [0.4, 0.5) is 13.2 Å². The zero-order chi connectivity index (χ0) is 22.6. The van der Waals surface area contributed by atoms with Gasteiger partial charge in [-0.2, -0.15) is 18.3 Å². The third-order valence-corrected chi connectivity index (χ3v) is 6.49. The molecular formula is C20H19F3N4O3S. The Morgan fingerprint density at radius 2 is 1.81 bits per heavy atom. The normalized spacial score (nSPS) is 13.9. The molecule has 4 rings (SSSR count). The van der Waals surface area contributed by atoms with Gasteiger partial charge in [-0.15, -0.1) is 0 Å².